The summed E-state index contributed by atoms with van der Waals surface area (Å²) in [7, 11) is 0. The van der Waals surface area contributed by atoms with Gasteiger partial charge in [-0.25, -0.2) is 0 Å². The number of rotatable bonds is 70. The molecule has 0 saturated carbocycles. The van der Waals surface area contributed by atoms with Crippen LogP contribution >= 0.6 is 0 Å². The highest BCUT2D eigenvalue weighted by Gasteiger charge is 2.26. The summed E-state index contributed by atoms with van der Waals surface area (Å²) in [6.45, 7) is 31.5. The maximum absolute atomic E-state index is 7.03. The largest absolute Gasteiger partial charge is 0.379 e. The van der Waals surface area contributed by atoms with Crippen LogP contribution in [0.5, 0.6) is 0 Å². The third kappa shape index (κ3) is 57.4. The van der Waals surface area contributed by atoms with Gasteiger partial charge in [-0.05, 0) is 51.4 Å². The van der Waals surface area contributed by atoms with E-state index in [0.717, 1.165) is 51.4 Å². The quantitative estimate of drug-likeness (QED) is 0.0575. The van der Waals surface area contributed by atoms with E-state index in [1.807, 2.05) is 0 Å². The van der Waals surface area contributed by atoms with Gasteiger partial charge in [0, 0.05) is 52.9 Å². The molecule has 0 aliphatic rings. The lowest BCUT2D eigenvalue weighted by Gasteiger charge is -2.30. The van der Waals surface area contributed by atoms with Gasteiger partial charge in [0.2, 0.25) is 0 Å². The molecule has 0 fully saturated rings. The summed E-state index contributed by atoms with van der Waals surface area (Å²) in [6, 6.07) is 0. The standard InChI is InChI=1S/C58H118O21/c1-9-17-59-25-33-67-41-53(42-68-34-26-60-18-10-2)75-49-57(50-76-54(43-69-35-27-61-19-11-3)44-70-36-28-62-20-12-4)79-58(51-77-55(45-71-37-29-63-21-13-5)46-72-38-30-64-22-14-6)52-78-56(47-73-39-31-65-23-15-7)48-74-40-32-66-24-16-8/h53-58H,9-52H2,1-8H3. The van der Waals surface area contributed by atoms with Crippen molar-refractivity contribution in [1.82, 2.24) is 0 Å². The molecule has 0 rings (SSSR count). The Hall–Kier alpha value is -0.840. The summed E-state index contributed by atoms with van der Waals surface area (Å²) in [5.41, 5.74) is 0. The van der Waals surface area contributed by atoms with Crippen molar-refractivity contribution in [2.45, 2.75) is 143 Å². The summed E-state index contributed by atoms with van der Waals surface area (Å²) in [4.78, 5) is 0. The van der Waals surface area contributed by atoms with Crippen LogP contribution in [0, 0.1) is 0 Å². The van der Waals surface area contributed by atoms with Crippen LogP contribution in [0.15, 0.2) is 0 Å². The highest BCUT2D eigenvalue weighted by molar-refractivity contribution is 4.70. The first kappa shape index (κ1) is 78.2. The number of ether oxygens (including phenoxy) is 21. The molecule has 476 valence electrons. The predicted octanol–water partition coefficient (Wildman–Crippen LogP) is 6.83. The molecule has 0 aromatic heterocycles. The fourth-order valence-electron chi connectivity index (χ4n) is 6.71. The molecule has 0 aliphatic carbocycles. The van der Waals surface area contributed by atoms with Crippen LogP contribution < -0.4 is 0 Å². The van der Waals surface area contributed by atoms with E-state index in [1.165, 1.54) is 0 Å². The molecule has 21 heteroatoms. The lowest BCUT2D eigenvalue weighted by molar-refractivity contribution is -0.179. The Bertz CT molecular complexity index is 898. The van der Waals surface area contributed by atoms with E-state index in [0.29, 0.717) is 159 Å². The maximum atomic E-state index is 7.03. The second kappa shape index (κ2) is 66.3. The van der Waals surface area contributed by atoms with Crippen LogP contribution in [0.3, 0.4) is 0 Å². The fourth-order valence-corrected chi connectivity index (χ4v) is 6.71. The van der Waals surface area contributed by atoms with Crippen LogP contribution in [0.2, 0.25) is 0 Å². The Balaban J connectivity index is 6.95. The second-order valence-electron chi connectivity index (χ2n) is 18.7. The third-order valence-electron chi connectivity index (χ3n) is 10.6. The van der Waals surface area contributed by atoms with Crippen LogP contribution in [0.4, 0.5) is 0 Å². The molecular formula is C58H118O21. The minimum atomic E-state index is -0.654. The van der Waals surface area contributed by atoms with Crippen molar-refractivity contribution in [3.8, 4) is 0 Å². The Morgan fingerprint density at radius 1 is 0.152 bits per heavy atom. The molecule has 0 heterocycles. The Morgan fingerprint density at radius 3 is 0.430 bits per heavy atom. The summed E-state index contributed by atoms with van der Waals surface area (Å²) in [5.74, 6) is 0. The zero-order valence-corrected chi connectivity index (χ0v) is 51.2. The highest BCUT2D eigenvalue weighted by atomic mass is 16.6. The van der Waals surface area contributed by atoms with E-state index < -0.39 is 36.6 Å². The first-order valence-corrected chi connectivity index (χ1v) is 30.4. The summed E-state index contributed by atoms with van der Waals surface area (Å²) < 4.78 is 128. The summed E-state index contributed by atoms with van der Waals surface area (Å²) in [5, 5.41) is 0. The molecule has 0 radical (unpaired) electrons. The SMILES string of the molecule is CCCOCCOCC(COCCOCCC)OCC(COC(COCCOCCC)COCCOCCC)OC(COC(COCCOCCC)COCCOCCC)COC(COCCOCCC)COCCOCCC. The van der Waals surface area contributed by atoms with Gasteiger partial charge in [0.1, 0.15) is 36.6 Å². The van der Waals surface area contributed by atoms with Crippen molar-refractivity contribution < 1.29 is 99.5 Å². The third-order valence-corrected chi connectivity index (χ3v) is 10.6. The maximum Gasteiger partial charge on any atom is 0.105 e. The van der Waals surface area contributed by atoms with Crippen LogP contribution in [0.1, 0.15) is 107 Å². The van der Waals surface area contributed by atoms with Gasteiger partial charge in [-0.2, -0.15) is 0 Å². The van der Waals surface area contributed by atoms with Crippen molar-refractivity contribution in [3.63, 3.8) is 0 Å². The van der Waals surface area contributed by atoms with Gasteiger partial charge >= 0.3 is 0 Å². The monoisotopic (exact) mass is 1150 g/mol. The van der Waals surface area contributed by atoms with Gasteiger partial charge < -0.3 is 99.5 Å². The lowest BCUT2D eigenvalue weighted by Crippen LogP contribution is -2.42. The van der Waals surface area contributed by atoms with E-state index in [2.05, 4.69) is 55.4 Å². The molecule has 0 unspecified atom stereocenters. The van der Waals surface area contributed by atoms with E-state index in [4.69, 9.17) is 99.5 Å². The van der Waals surface area contributed by atoms with Crippen molar-refractivity contribution >= 4 is 0 Å². The smallest absolute Gasteiger partial charge is 0.105 e. The van der Waals surface area contributed by atoms with Gasteiger partial charge in [-0.15, -0.1) is 0 Å². The van der Waals surface area contributed by atoms with E-state index in [9.17, 15) is 0 Å². The lowest BCUT2D eigenvalue weighted by atomic mass is 10.3. The molecule has 21 nitrogen and oxygen atoms in total. The average molecular weight is 1150 g/mol. The molecular weight excluding hydrogens is 1030 g/mol. The predicted molar refractivity (Wildman–Crippen MR) is 303 cm³/mol. The summed E-state index contributed by atoms with van der Waals surface area (Å²) >= 11 is 0. The highest BCUT2D eigenvalue weighted by Crippen LogP contribution is 2.12. The first-order valence-electron chi connectivity index (χ1n) is 30.4. The van der Waals surface area contributed by atoms with Gasteiger partial charge in [-0.1, -0.05) is 55.4 Å². The number of hydrogen-bond donors (Lipinski definition) is 0. The molecule has 0 amide bonds. The molecule has 0 N–H and O–H groups in total. The topological polar surface area (TPSA) is 194 Å². The van der Waals surface area contributed by atoms with Crippen LogP contribution in [0.25, 0.3) is 0 Å². The average Bonchev–Trinajstić information content (AvgIpc) is 3.46. The fraction of sp³-hybridized carbons (Fsp3) is 1.00. The van der Waals surface area contributed by atoms with Crippen LogP contribution in [-0.4, -0.2) is 274 Å². The molecule has 0 saturated heterocycles. The van der Waals surface area contributed by atoms with E-state index in [-0.39, 0.29) is 79.3 Å². The molecule has 79 heavy (non-hydrogen) atoms. The molecule has 0 aromatic rings. The second-order valence-corrected chi connectivity index (χ2v) is 18.7. The molecule has 0 aliphatic heterocycles. The van der Waals surface area contributed by atoms with Gasteiger partial charge in [0.15, 0.2) is 0 Å². The minimum absolute atomic E-state index is 0.104. The summed E-state index contributed by atoms with van der Waals surface area (Å²) in [6.07, 6.45) is 4.30. The van der Waals surface area contributed by atoms with Crippen molar-refractivity contribution in [3.05, 3.63) is 0 Å². The molecule has 0 aromatic carbocycles. The zero-order chi connectivity index (χ0) is 57.4. The zero-order valence-electron chi connectivity index (χ0n) is 51.2. The number of hydrogen-bond acceptors (Lipinski definition) is 21. The molecule has 0 bridgehead atoms. The van der Waals surface area contributed by atoms with Crippen molar-refractivity contribution in [2.24, 2.45) is 0 Å². The first-order chi connectivity index (χ1) is 39.0. The van der Waals surface area contributed by atoms with Crippen LogP contribution in [-0.2, 0) is 99.5 Å². The van der Waals surface area contributed by atoms with E-state index >= 15 is 0 Å². The normalized spacial score (nSPS) is 12.2. The Kier molecular flexibility index (Phi) is 65.6. The Labute approximate surface area is 479 Å². The van der Waals surface area contributed by atoms with Gasteiger partial charge in [-0.3, -0.25) is 0 Å². The van der Waals surface area contributed by atoms with Crippen molar-refractivity contribution in [2.75, 3.05) is 238 Å². The van der Waals surface area contributed by atoms with Gasteiger partial charge in [0.05, 0.1) is 185 Å². The Morgan fingerprint density at radius 2 is 0.291 bits per heavy atom. The minimum Gasteiger partial charge on any atom is -0.379 e. The van der Waals surface area contributed by atoms with E-state index in [1.54, 1.807) is 0 Å². The van der Waals surface area contributed by atoms with Crippen molar-refractivity contribution in [1.29, 1.82) is 0 Å². The molecule has 0 atom stereocenters. The molecule has 0 spiro atoms. The van der Waals surface area contributed by atoms with Gasteiger partial charge in [0.25, 0.3) is 0 Å².